The van der Waals surface area contributed by atoms with Gasteiger partial charge in [-0.3, -0.25) is 14.5 Å². The molecule has 0 radical (unpaired) electrons. The first kappa shape index (κ1) is 16.6. The normalized spacial score (nSPS) is 26.2. The summed E-state index contributed by atoms with van der Waals surface area (Å²) in [7, 11) is 3.27. The van der Waals surface area contributed by atoms with Gasteiger partial charge in [0.15, 0.2) is 0 Å². The fourth-order valence-electron chi connectivity index (χ4n) is 5.18. The molecule has 1 spiro atoms. The summed E-state index contributed by atoms with van der Waals surface area (Å²) in [6.07, 6.45) is 4.21. The summed E-state index contributed by atoms with van der Waals surface area (Å²) in [5, 5.41) is 0. The highest BCUT2D eigenvalue weighted by atomic mass is 16.5. The lowest BCUT2D eigenvalue weighted by atomic mass is 9.76. The molecule has 0 bridgehead atoms. The van der Waals surface area contributed by atoms with Crippen molar-refractivity contribution in [1.29, 1.82) is 0 Å². The lowest BCUT2D eigenvalue weighted by Crippen LogP contribution is -2.57. The van der Waals surface area contributed by atoms with Crippen molar-refractivity contribution in [2.24, 2.45) is 5.92 Å². The lowest BCUT2D eigenvalue weighted by Gasteiger charge is -2.47. The number of piperidine rings is 1. The number of nitrogens with zero attached hydrogens (tertiary/aromatic N) is 2. The van der Waals surface area contributed by atoms with Gasteiger partial charge in [0.05, 0.1) is 18.6 Å². The van der Waals surface area contributed by atoms with Crippen molar-refractivity contribution in [1.82, 2.24) is 9.80 Å². The number of carbonyl (C=O) groups is 2. The van der Waals surface area contributed by atoms with Crippen molar-refractivity contribution < 1.29 is 14.3 Å². The molecule has 0 N–H and O–H groups in total. The molecule has 1 unspecified atom stereocenters. The largest absolute Gasteiger partial charge is 0.469 e. The molecular formula is C20H26N2O3. The van der Waals surface area contributed by atoms with Gasteiger partial charge in [0, 0.05) is 32.6 Å². The average molecular weight is 342 g/mol. The predicted molar refractivity (Wildman–Crippen MR) is 94.1 cm³/mol. The molecule has 0 aromatic heterocycles. The maximum absolute atomic E-state index is 12.3. The van der Waals surface area contributed by atoms with E-state index in [1.165, 1.54) is 18.2 Å². The maximum atomic E-state index is 12.3. The molecule has 3 aliphatic rings. The van der Waals surface area contributed by atoms with Crippen LogP contribution in [-0.4, -0.2) is 60.5 Å². The Morgan fingerprint density at radius 1 is 1.12 bits per heavy atom. The summed E-state index contributed by atoms with van der Waals surface area (Å²) in [5.41, 5.74) is 2.58. The maximum Gasteiger partial charge on any atom is 0.311 e. The van der Waals surface area contributed by atoms with E-state index in [1.54, 1.807) is 0 Å². The molecule has 1 atom stereocenters. The van der Waals surface area contributed by atoms with Crippen molar-refractivity contribution in [3.63, 3.8) is 0 Å². The van der Waals surface area contributed by atoms with Crippen LogP contribution in [-0.2, 0) is 27.2 Å². The number of amides is 1. The predicted octanol–water partition coefficient (Wildman–Crippen LogP) is 1.64. The summed E-state index contributed by atoms with van der Waals surface area (Å²) < 4.78 is 5.00. The number of carbonyl (C=O) groups excluding carboxylic acids is 2. The Labute approximate surface area is 148 Å². The second-order valence-corrected chi connectivity index (χ2v) is 7.70. The molecule has 2 heterocycles. The van der Waals surface area contributed by atoms with Crippen LogP contribution in [0.2, 0.25) is 0 Å². The van der Waals surface area contributed by atoms with Crippen LogP contribution in [0.4, 0.5) is 0 Å². The van der Waals surface area contributed by atoms with E-state index in [0.717, 1.165) is 38.8 Å². The van der Waals surface area contributed by atoms with Crippen molar-refractivity contribution in [2.45, 2.75) is 43.7 Å². The molecule has 25 heavy (non-hydrogen) atoms. The molecule has 1 aliphatic carbocycles. The van der Waals surface area contributed by atoms with Gasteiger partial charge in [-0.25, -0.2) is 0 Å². The quantitative estimate of drug-likeness (QED) is 0.767. The summed E-state index contributed by atoms with van der Waals surface area (Å²) in [6.45, 7) is 1.87. The number of hydrogen-bond donors (Lipinski definition) is 0. The van der Waals surface area contributed by atoms with Crippen LogP contribution < -0.4 is 0 Å². The first-order valence-corrected chi connectivity index (χ1v) is 9.20. The summed E-state index contributed by atoms with van der Waals surface area (Å²) in [6, 6.07) is 9.25. The molecule has 1 aromatic carbocycles. The summed E-state index contributed by atoms with van der Waals surface area (Å²) in [4.78, 5) is 28.9. The van der Waals surface area contributed by atoms with Gasteiger partial charge >= 0.3 is 5.97 Å². The van der Waals surface area contributed by atoms with E-state index in [4.69, 9.17) is 4.74 Å². The Hall–Kier alpha value is -1.88. The van der Waals surface area contributed by atoms with E-state index >= 15 is 0 Å². The van der Waals surface area contributed by atoms with Gasteiger partial charge in [-0.15, -0.1) is 0 Å². The lowest BCUT2D eigenvalue weighted by molar-refractivity contribution is -0.150. The second kappa shape index (κ2) is 6.13. The first-order chi connectivity index (χ1) is 12.0. The van der Waals surface area contributed by atoms with Crippen LogP contribution in [0.3, 0.4) is 0 Å². The Morgan fingerprint density at radius 3 is 2.28 bits per heavy atom. The molecular weight excluding hydrogens is 316 g/mol. The molecule has 0 saturated carbocycles. The van der Waals surface area contributed by atoms with E-state index in [9.17, 15) is 9.59 Å². The van der Waals surface area contributed by atoms with Gasteiger partial charge in [-0.05, 0) is 36.8 Å². The van der Waals surface area contributed by atoms with E-state index in [2.05, 4.69) is 29.2 Å². The van der Waals surface area contributed by atoms with E-state index in [1.807, 2.05) is 11.9 Å². The topological polar surface area (TPSA) is 49.9 Å². The number of likely N-dealkylation sites (tertiary alicyclic amines) is 2. The number of methoxy groups -OCH3 is 1. The van der Waals surface area contributed by atoms with Crippen molar-refractivity contribution >= 4 is 11.9 Å². The van der Waals surface area contributed by atoms with Crippen molar-refractivity contribution in [2.75, 3.05) is 27.2 Å². The van der Waals surface area contributed by atoms with E-state index in [-0.39, 0.29) is 29.8 Å². The Bertz CT molecular complexity index is 669. The fraction of sp³-hybridized carbons (Fsp3) is 0.600. The standard InChI is InChI=1S/C20H26N2O3/c1-21-18(23)13-17(19(24)25-2)20(21)7-9-22(10-8-20)16-11-14-5-3-4-6-15(14)12-16/h3-6,16-17H,7-13H2,1-2H3. The molecule has 1 aromatic rings. The monoisotopic (exact) mass is 342 g/mol. The zero-order chi connectivity index (χ0) is 17.6. The number of rotatable bonds is 2. The fourth-order valence-corrected chi connectivity index (χ4v) is 5.18. The minimum atomic E-state index is -0.355. The van der Waals surface area contributed by atoms with Gasteiger partial charge in [0.2, 0.25) is 5.91 Å². The Kier molecular flexibility index (Phi) is 4.07. The average Bonchev–Trinajstić information content (AvgIpc) is 3.17. The molecule has 2 aliphatic heterocycles. The van der Waals surface area contributed by atoms with Gasteiger partial charge in [-0.1, -0.05) is 24.3 Å². The van der Waals surface area contributed by atoms with E-state index in [0.29, 0.717) is 6.04 Å². The number of esters is 1. The van der Waals surface area contributed by atoms with Crippen LogP contribution in [0, 0.1) is 5.92 Å². The smallest absolute Gasteiger partial charge is 0.311 e. The van der Waals surface area contributed by atoms with Gasteiger partial charge in [0.25, 0.3) is 0 Å². The van der Waals surface area contributed by atoms with Gasteiger partial charge in [0.1, 0.15) is 0 Å². The van der Waals surface area contributed by atoms with Crippen LogP contribution in [0.25, 0.3) is 0 Å². The number of hydrogen-bond acceptors (Lipinski definition) is 4. The summed E-state index contributed by atoms with van der Waals surface area (Å²) in [5.74, 6) is -0.491. The minimum absolute atomic E-state index is 0.0668. The zero-order valence-electron chi connectivity index (χ0n) is 15.0. The third-order valence-electron chi connectivity index (χ3n) is 6.76. The first-order valence-electron chi connectivity index (χ1n) is 9.20. The third-order valence-corrected chi connectivity index (χ3v) is 6.76. The number of ether oxygens (including phenoxy) is 1. The minimum Gasteiger partial charge on any atom is -0.469 e. The molecule has 2 fully saturated rings. The number of benzene rings is 1. The highest BCUT2D eigenvalue weighted by molar-refractivity contribution is 5.88. The van der Waals surface area contributed by atoms with E-state index < -0.39 is 0 Å². The van der Waals surface area contributed by atoms with Crippen LogP contribution >= 0.6 is 0 Å². The second-order valence-electron chi connectivity index (χ2n) is 7.70. The molecule has 4 rings (SSSR count). The van der Waals surface area contributed by atoms with Crippen LogP contribution in [0.1, 0.15) is 30.4 Å². The zero-order valence-corrected chi connectivity index (χ0v) is 15.0. The Morgan fingerprint density at radius 2 is 1.72 bits per heavy atom. The van der Waals surface area contributed by atoms with Gasteiger partial charge < -0.3 is 9.64 Å². The molecule has 1 amide bonds. The molecule has 2 saturated heterocycles. The van der Waals surface area contributed by atoms with Crippen LogP contribution in [0.15, 0.2) is 24.3 Å². The highest BCUT2D eigenvalue weighted by Crippen LogP contribution is 2.44. The van der Waals surface area contributed by atoms with Crippen molar-refractivity contribution in [3.8, 4) is 0 Å². The number of fused-ring (bicyclic) bond motifs is 1. The summed E-state index contributed by atoms with van der Waals surface area (Å²) >= 11 is 0. The third kappa shape index (κ3) is 2.56. The molecule has 134 valence electrons. The molecule has 5 heteroatoms. The highest BCUT2D eigenvalue weighted by Gasteiger charge is 2.56. The SMILES string of the molecule is COC(=O)C1CC(=O)N(C)C12CCN(C1Cc3ccccc3C1)CC2. The van der Waals surface area contributed by atoms with Gasteiger partial charge in [-0.2, -0.15) is 0 Å². The van der Waals surface area contributed by atoms with Crippen molar-refractivity contribution in [3.05, 3.63) is 35.4 Å². The Balaban J connectivity index is 1.47. The van der Waals surface area contributed by atoms with Crippen LogP contribution in [0.5, 0.6) is 0 Å². The molecule has 5 nitrogen and oxygen atoms in total.